The molecule has 0 spiro atoms. The summed E-state index contributed by atoms with van der Waals surface area (Å²) < 4.78 is 5.62. The summed E-state index contributed by atoms with van der Waals surface area (Å²) in [6, 6.07) is 28.2. The van der Waals surface area contributed by atoms with Crippen LogP contribution in [-0.2, 0) is 0 Å². The average Bonchev–Trinajstić information content (AvgIpc) is 3.30. The lowest BCUT2D eigenvalue weighted by atomic mass is 9.99. The molecule has 0 bridgehead atoms. The molecule has 6 nitrogen and oxygen atoms in total. The second-order valence-corrected chi connectivity index (χ2v) is 9.24. The number of para-hydroxylation sites is 1. The van der Waals surface area contributed by atoms with E-state index in [9.17, 15) is 9.59 Å². The lowest BCUT2D eigenvalue weighted by Crippen LogP contribution is -2.19. The SMILES string of the molecule is Cc1cccc(C(=O)Oc2ccccc2C=NNC(=O)c2[nH]c3c(C)cc(C)cc3c2-c2ccccc2)c1. The number of benzene rings is 4. The number of aromatic amines is 1. The number of ether oxygens (including phenoxy) is 1. The number of carbonyl (C=O) groups excluding carboxylic acids is 2. The molecule has 1 heterocycles. The van der Waals surface area contributed by atoms with E-state index in [1.165, 1.54) is 6.21 Å². The van der Waals surface area contributed by atoms with Crippen LogP contribution in [0.1, 0.15) is 43.1 Å². The molecule has 0 saturated carbocycles. The summed E-state index contributed by atoms with van der Waals surface area (Å²) in [6.45, 7) is 5.98. The van der Waals surface area contributed by atoms with Crippen molar-refractivity contribution in [2.45, 2.75) is 20.8 Å². The van der Waals surface area contributed by atoms with Gasteiger partial charge in [-0.2, -0.15) is 5.10 Å². The number of hydrogen-bond acceptors (Lipinski definition) is 4. The van der Waals surface area contributed by atoms with Gasteiger partial charge in [-0.3, -0.25) is 4.79 Å². The Bertz CT molecular complexity index is 1680. The first kappa shape index (κ1) is 24.7. The van der Waals surface area contributed by atoms with Crippen molar-refractivity contribution in [1.29, 1.82) is 0 Å². The maximum Gasteiger partial charge on any atom is 0.343 e. The third-order valence-electron chi connectivity index (χ3n) is 6.28. The second kappa shape index (κ2) is 10.6. The molecular formula is C32H27N3O3. The van der Waals surface area contributed by atoms with E-state index in [0.717, 1.165) is 38.7 Å². The van der Waals surface area contributed by atoms with Crippen LogP contribution >= 0.6 is 0 Å². The third-order valence-corrected chi connectivity index (χ3v) is 6.28. The molecule has 0 aliphatic rings. The highest BCUT2D eigenvalue weighted by atomic mass is 16.5. The first-order valence-corrected chi connectivity index (χ1v) is 12.3. The van der Waals surface area contributed by atoms with Crippen molar-refractivity contribution < 1.29 is 14.3 Å². The first-order chi connectivity index (χ1) is 18.4. The standard InChI is InChI=1S/C32H27N3O3/c1-20-10-9-14-24(17-20)32(37)38-27-15-8-7-13-25(27)19-33-35-31(36)30-28(23-11-5-4-6-12-23)26-18-21(2)16-22(3)29(26)34-30/h4-19,34H,1-3H3,(H,35,36). The molecule has 6 heteroatoms. The monoisotopic (exact) mass is 501 g/mol. The molecule has 188 valence electrons. The van der Waals surface area contributed by atoms with Crippen molar-refractivity contribution in [2.75, 3.05) is 0 Å². The molecule has 0 radical (unpaired) electrons. The topological polar surface area (TPSA) is 83.5 Å². The highest BCUT2D eigenvalue weighted by Gasteiger charge is 2.20. The number of hydrogen-bond donors (Lipinski definition) is 2. The van der Waals surface area contributed by atoms with E-state index in [-0.39, 0.29) is 5.91 Å². The van der Waals surface area contributed by atoms with Gasteiger partial charge in [0.15, 0.2) is 0 Å². The Morgan fingerprint density at radius 2 is 1.61 bits per heavy atom. The fourth-order valence-corrected chi connectivity index (χ4v) is 4.56. The molecule has 0 atom stereocenters. The van der Waals surface area contributed by atoms with E-state index in [4.69, 9.17) is 4.74 Å². The van der Waals surface area contributed by atoms with Gasteiger partial charge in [-0.1, -0.05) is 71.8 Å². The van der Waals surface area contributed by atoms with Gasteiger partial charge in [0.2, 0.25) is 0 Å². The van der Waals surface area contributed by atoms with Gasteiger partial charge in [0.05, 0.1) is 11.8 Å². The molecule has 0 unspecified atom stereocenters. The van der Waals surface area contributed by atoms with Crippen LogP contribution < -0.4 is 10.2 Å². The molecule has 4 aromatic carbocycles. The number of aromatic nitrogens is 1. The van der Waals surface area contributed by atoms with Gasteiger partial charge in [-0.25, -0.2) is 10.2 Å². The van der Waals surface area contributed by atoms with E-state index in [2.05, 4.69) is 27.6 Å². The van der Waals surface area contributed by atoms with Gasteiger partial charge in [-0.05, 0) is 62.2 Å². The van der Waals surface area contributed by atoms with Crippen LogP contribution in [0.3, 0.4) is 0 Å². The van der Waals surface area contributed by atoms with Crippen LogP contribution in [0.5, 0.6) is 5.75 Å². The molecule has 0 aliphatic heterocycles. The van der Waals surface area contributed by atoms with Gasteiger partial charge in [0.25, 0.3) is 5.91 Å². The summed E-state index contributed by atoms with van der Waals surface area (Å²) in [5, 5.41) is 5.16. The predicted molar refractivity (Wildman–Crippen MR) is 151 cm³/mol. The Hall–Kier alpha value is -4.97. The molecule has 1 aromatic heterocycles. The molecule has 38 heavy (non-hydrogen) atoms. The lowest BCUT2D eigenvalue weighted by molar-refractivity contribution is 0.0734. The molecule has 1 amide bonds. The maximum absolute atomic E-state index is 13.3. The Morgan fingerprint density at radius 3 is 2.39 bits per heavy atom. The maximum atomic E-state index is 13.3. The molecule has 0 aliphatic carbocycles. The quantitative estimate of drug-likeness (QED) is 0.117. The van der Waals surface area contributed by atoms with Gasteiger partial charge in [0.1, 0.15) is 11.4 Å². The van der Waals surface area contributed by atoms with Gasteiger partial charge < -0.3 is 9.72 Å². The van der Waals surface area contributed by atoms with E-state index in [0.29, 0.717) is 22.6 Å². The van der Waals surface area contributed by atoms with Crippen molar-refractivity contribution in [1.82, 2.24) is 10.4 Å². The highest BCUT2D eigenvalue weighted by molar-refractivity contribution is 6.10. The number of carbonyl (C=O) groups is 2. The van der Waals surface area contributed by atoms with Crippen LogP contribution in [0.25, 0.3) is 22.0 Å². The number of esters is 1. The molecule has 0 fully saturated rings. The summed E-state index contributed by atoms with van der Waals surface area (Å²) in [5.74, 6) is -0.490. The smallest absolute Gasteiger partial charge is 0.343 e. The van der Waals surface area contributed by atoms with E-state index in [1.54, 1.807) is 30.3 Å². The summed E-state index contributed by atoms with van der Waals surface area (Å²) in [5.41, 5.74) is 9.90. The molecule has 2 N–H and O–H groups in total. The first-order valence-electron chi connectivity index (χ1n) is 12.3. The van der Waals surface area contributed by atoms with Gasteiger partial charge >= 0.3 is 5.97 Å². The Morgan fingerprint density at radius 1 is 0.842 bits per heavy atom. The van der Waals surface area contributed by atoms with Crippen molar-refractivity contribution in [2.24, 2.45) is 5.10 Å². The summed E-state index contributed by atoms with van der Waals surface area (Å²) in [7, 11) is 0. The van der Waals surface area contributed by atoms with Crippen molar-refractivity contribution in [3.63, 3.8) is 0 Å². The Kier molecular flexibility index (Phi) is 6.87. The normalized spacial score (nSPS) is 11.1. The number of rotatable bonds is 6. The third kappa shape index (κ3) is 5.11. The van der Waals surface area contributed by atoms with Crippen molar-refractivity contribution in [3.8, 4) is 16.9 Å². The number of H-pyrrole nitrogens is 1. The molecule has 5 aromatic rings. The summed E-state index contributed by atoms with van der Waals surface area (Å²) >= 11 is 0. The second-order valence-electron chi connectivity index (χ2n) is 9.24. The van der Waals surface area contributed by atoms with Crippen LogP contribution in [0, 0.1) is 20.8 Å². The number of aryl methyl sites for hydroxylation is 3. The predicted octanol–water partition coefficient (Wildman–Crippen LogP) is 6.74. The van der Waals surface area contributed by atoms with E-state index in [1.807, 2.05) is 69.3 Å². The largest absolute Gasteiger partial charge is 0.422 e. The summed E-state index contributed by atoms with van der Waals surface area (Å²) in [4.78, 5) is 29.3. The van der Waals surface area contributed by atoms with Gasteiger partial charge in [-0.15, -0.1) is 0 Å². The zero-order valence-corrected chi connectivity index (χ0v) is 21.4. The fraction of sp³-hybridized carbons (Fsp3) is 0.0938. The minimum atomic E-state index is -0.463. The number of fused-ring (bicyclic) bond motifs is 1. The zero-order chi connectivity index (χ0) is 26.6. The number of nitrogens with zero attached hydrogens (tertiary/aromatic N) is 1. The van der Waals surface area contributed by atoms with Crippen LogP contribution in [-0.4, -0.2) is 23.1 Å². The van der Waals surface area contributed by atoms with Crippen LogP contribution in [0.15, 0.2) is 96.1 Å². The van der Waals surface area contributed by atoms with Crippen LogP contribution in [0.2, 0.25) is 0 Å². The lowest BCUT2D eigenvalue weighted by Gasteiger charge is -2.08. The minimum Gasteiger partial charge on any atom is -0.422 e. The highest BCUT2D eigenvalue weighted by Crippen LogP contribution is 2.34. The van der Waals surface area contributed by atoms with Crippen LogP contribution in [0.4, 0.5) is 0 Å². The molecular weight excluding hydrogens is 474 g/mol. The van der Waals surface area contributed by atoms with Gasteiger partial charge in [0, 0.05) is 22.0 Å². The number of nitrogens with one attached hydrogen (secondary N) is 2. The number of hydrazone groups is 1. The Balaban J connectivity index is 1.41. The summed E-state index contributed by atoms with van der Waals surface area (Å²) in [6.07, 6.45) is 1.47. The minimum absolute atomic E-state index is 0.346. The number of amides is 1. The van der Waals surface area contributed by atoms with Crippen molar-refractivity contribution in [3.05, 3.63) is 125 Å². The molecule has 0 saturated heterocycles. The fourth-order valence-electron chi connectivity index (χ4n) is 4.56. The van der Waals surface area contributed by atoms with Crippen molar-refractivity contribution >= 4 is 29.0 Å². The molecule has 5 rings (SSSR count). The van der Waals surface area contributed by atoms with E-state index < -0.39 is 5.97 Å². The Labute approximate surface area is 221 Å². The average molecular weight is 502 g/mol. The zero-order valence-electron chi connectivity index (χ0n) is 21.4. The van der Waals surface area contributed by atoms with E-state index >= 15 is 0 Å².